The van der Waals surface area contributed by atoms with E-state index >= 15 is 0 Å². The van der Waals surface area contributed by atoms with Crippen LogP contribution in [0.25, 0.3) is 0 Å². The maximum atomic E-state index is 13.0. The third-order valence-electron chi connectivity index (χ3n) is 1.53. The van der Waals surface area contributed by atoms with E-state index in [-0.39, 0.29) is 11.3 Å². The van der Waals surface area contributed by atoms with Gasteiger partial charge in [0.25, 0.3) is 5.91 Å². The lowest BCUT2D eigenvalue weighted by Gasteiger charge is -2.03. The Bertz CT molecular complexity index is 325. The monoisotopic (exact) mass is 183 g/mol. The van der Waals surface area contributed by atoms with E-state index in [1.165, 1.54) is 12.1 Å². The fraction of sp³-hybridized carbons (Fsp3) is 0.222. The molecule has 0 aliphatic heterocycles. The Morgan fingerprint density at radius 2 is 2.31 bits per heavy atom. The van der Waals surface area contributed by atoms with Gasteiger partial charge >= 0.3 is 0 Å². The van der Waals surface area contributed by atoms with Crippen molar-refractivity contribution in [2.75, 3.05) is 6.54 Å². The molecule has 0 aromatic heterocycles. The molecule has 0 spiro atoms. The Morgan fingerprint density at radius 1 is 1.62 bits per heavy atom. The van der Waals surface area contributed by atoms with Crippen molar-refractivity contribution >= 4 is 5.91 Å². The molecule has 13 heavy (non-hydrogen) atoms. The van der Waals surface area contributed by atoms with Crippen LogP contribution in [-0.2, 0) is 0 Å². The highest BCUT2D eigenvalue weighted by atomic mass is 19.1. The third kappa shape index (κ3) is 2.18. The van der Waals surface area contributed by atoms with Gasteiger partial charge in [-0.2, -0.15) is 0 Å². The molecule has 0 aliphatic carbocycles. The van der Waals surface area contributed by atoms with Gasteiger partial charge in [-0.3, -0.25) is 4.79 Å². The first kappa shape index (κ1) is 9.51. The first-order valence-corrected chi connectivity index (χ1v) is 3.92. The topological polar surface area (TPSA) is 49.3 Å². The second-order valence-corrected chi connectivity index (χ2v) is 2.52. The predicted molar refractivity (Wildman–Crippen MR) is 46.1 cm³/mol. The van der Waals surface area contributed by atoms with Crippen LogP contribution >= 0.6 is 0 Å². The van der Waals surface area contributed by atoms with E-state index in [0.717, 1.165) is 6.07 Å². The summed E-state index contributed by atoms with van der Waals surface area (Å²) in [5.74, 6) is -1.38. The molecule has 0 atom stereocenters. The number of phenolic OH excluding ortho intramolecular Hbond substituents is 1. The van der Waals surface area contributed by atoms with E-state index in [9.17, 15) is 9.18 Å². The molecule has 0 fully saturated rings. The molecule has 1 aromatic carbocycles. The van der Waals surface area contributed by atoms with Gasteiger partial charge in [-0.15, -0.1) is 0 Å². The fourth-order valence-corrected chi connectivity index (χ4v) is 0.944. The van der Waals surface area contributed by atoms with Gasteiger partial charge in [-0.05, 0) is 19.1 Å². The molecule has 0 saturated heterocycles. The number of rotatable bonds is 2. The first-order chi connectivity index (χ1) is 6.15. The summed E-state index contributed by atoms with van der Waals surface area (Å²) in [6.07, 6.45) is 0. The van der Waals surface area contributed by atoms with E-state index in [2.05, 4.69) is 5.32 Å². The Kier molecular flexibility index (Phi) is 2.84. The number of phenols is 1. The van der Waals surface area contributed by atoms with Gasteiger partial charge in [0.1, 0.15) is 11.6 Å². The molecule has 2 N–H and O–H groups in total. The molecular weight excluding hydrogens is 173 g/mol. The lowest BCUT2D eigenvalue weighted by Crippen LogP contribution is -2.23. The van der Waals surface area contributed by atoms with Gasteiger partial charge in [0.2, 0.25) is 0 Å². The zero-order valence-electron chi connectivity index (χ0n) is 7.17. The number of hydrogen-bond donors (Lipinski definition) is 2. The van der Waals surface area contributed by atoms with Crippen molar-refractivity contribution < 1.29 is 14.3 Å². The summed E-state index contributed by atoms with van der Waals surface area (Å²) in [6, 6.07) is 3.42. The third-order valence-corrected chi connectivity index (χ3v) is 1.53. The van der Waals surface area contributed by atoms with Crippen molar-refractivity contribution in [1.29, 1.82) is 0 Å². The van der Waals surface area contributed by atoms with Gasteiger partial charge < -0.3 is 10.4 Å². The number of hydrogen-bond acceptors (Lipinski definition) is 2. The predicted octanol–water partition coefficient (Wildman–Crippen LogP) is 1.28. The summed E-state index contributed by atoms with van der Waals surface area (Å²) in [5.41, 5.74) is -0.0559. The molecule has 0 bridgehead atoms. The van der Waals surface area contributed by atoms with Crippen molar-refractivity contribution in [3.8, 4) is 5.75 Å². The lowest BCUT2D eigenvalue weighted by atomic mass is 10.2. The Hall–Kier alpha value is -1.58. The fourth-order valence-electron chi connectivity index (χ4n) is 0.944. The first-order valence-electron chi connectivity index (χ1n) is 3.92. The van der Waals surface area contributed by atoms with E-state index in [0.29, 0.717) is 6.54 Å². The SMILES string of the molecule is CCNC(=O)c1ccc(O)cc1F. The Balaban J connectivity index is 2.95. The average Bonchev–Trinajstić information content (AvgIpc) is 2.04. The number of benzene rings is 1. The highest BCUT2D eigenvalue weighted by molar-refractivity contribution is 5.94. The summed E-state index contributed by atoms with van der Waals surface area (Å²) < 4.78 is 13.0. The molecule has 4 heteroatoms. The molecule has 0 radical (unpaired) electrons. The Labute approximate surface area is 75.2 Å². The van der Waals surface area contributed by atoms with Crippen LogP contribution in [0.3, 0.4) is 0 Å². The molecule has 1 rings (SSSR count). The summed E-state index contributed by atoms with van der Waals surface area (Å²) in [5, 5.41) is 11.3. The van der Waals surface area contributed by atoms with Crippen molar-refractivity contribution in [3.63, 3.8) is 0 Å². The molecule has 0 saturated carbocycles. The smallest absolute Gasteiger partial charge is 0.254 e. The number of halogens is 1. The van der Waals surface area contributed by atoms with Gasteiger partial charge in [0, 0.05) is 12.6 Å². The highest BCUT2D eigenvalue weighted by Crippen LogP contribution is 2.14. The largest absolute Gasteiger partial charge is 0.508 e. The highest BCUT2D eigenvalue weighted by Gasteiger charge is 2.10. The van der Waals surface area contributed by atoms with Crippen LogP contribution in [0.4, 0.5) is 4.39 Å². The maximum Gasteiger partial charge on any atom is 0.254 e. The van der Waals surface area contributed by atoms with E-state index < -0.39 is 11.7 Å². The van der Waals surface area contributed by atoms with Crippen LogP contribution < -0.4 is 5.32 Å². The normalized spacial score (nSPS) is 9.69. The summed E-state index contributed by atoms with van der Waals surface area (Å²) >= 11 is 0. The summed E-state index contributed by atoms with van der Waals surface area (Å²) in [7, 11) is 0. The maximum absolute atomic E-state index is 13.0. The van der Waals surface area contributed by atoms with E-state index in [1.807, 2.05) is 0 Å². The zero-order chi connectivity index (χ0) is 9.84. The minimum Gasteiger partial charge on any atom is -0.508 e. The van der Waals surface area contributed by atoms with Crippen LogP contribution in [0, 0.1) is 5.82 Å². The molecule has 1 amide bonds. The number of carbonyl (C=O) groups excluding carboxylic acids is 1. The van der Waals surface area contributed by atoms with E-state index in [4.69, 9.17) is 5.11 Å². The minimum atomic E-state index is -0.717. The molecule has 0 heterocycles. The van der Waals surface area contributed by atoms with Crippen molar-refractivity contribution in [2.24, 2.45) is 0 Å². The Morgan fingerprint density at radius 3 is 2.85 bits per heavy atom. The van der Waals surface area contributed by atoms with E-state index in [1.54, 1.807) is 6.92 Å². The van der Waals surface area contributed by atoms with Crippen LogP contribution in [0.15, 0.2) is 18.2 Å². The van der Waals surface area contributed by atoms with Crippen LogP contribution in [0.2, 0.25) is 0 Å². The van der Waals surface area contributed by atoms with Crippen molar-refractivity contribution in [1.82, 2.24) is 5.32 Å². The molecular formula is C9H10FNO2. The number of carbonyl (C=O) groups is 1. The zero-order valence-corrected chi connectivity index (χ0v) is 7.17. The standard InChI is InChI=1S/C9H10FNO2/c1-2-11-9(13)7-4-3-6(12)5-8(7)10/h3-5,12H,2H2,1H3,(H,11,13). The minimum absolute atomic E-state index is 0.0559. The average molecular weight is 183 g/mol. The second kappa shape index (κ2) is 3.89. The van der Waals surface area contributed by atoms with Crippen LogP contribution in [-0.4, -0.2) is 17.6 Å². The quantitative estimate of drug-likeness (QED) is 0.725. The lowest BCUT2D eigenvalue weighted by molar-refractivity contribution is 0.0952. The number of aromatic hydroxyl groups is 1. The molecule has 3 nitrogen and oxygen atoms in total. The molecule has 70 valence electrons. The van der Waals surface area contributed by atoms with Gasteiger partial charge in [-0.25, -0.2) is 4.39 Å². The van der Waals surface area contributed by atoms with Gasteiger partial charge in [-0.1, -0.05) is 0 Å². The van der Waals surface area contributed by atoms with Crippen molar-refractivity contribution in [3.05, 3.63) is 29.6 Å². The molecule has 0 aliphatic rings. The molecule has 0 unspecified atom stereocenters. The second-order valence-electron chi connectivity index (χ2n) is 2.52. The molecule has 1 aromatic rings. The van der Waals surface area contributed by atoms with Crippen LogP contribution in [0.1, 0.15) is 17.3 Å². The van der Waals surface area contributed by atoms with Gasteiger partial charge in [0.15, 0.2) is 0 Å². The summed E-state index contributed by atoms with van der Waals surface area (Å²) in [6.45, 7) is 2.19. The van der Waals surface area contributed by atoms with Gasteiger partial charge in [0.05, 0.1) is 5.56 Å². The summed E-state index contributed by atoms with van der Waals surface area (Å²) in [4.78, 5) is 11.1. The van der Waals surface area contributed by atoms with Crippen LogP contribution in [0.5, 0.6) is 5.75 Å². The number of nitrogens with one attached hydrogen (secondary N) is 1. The van der Waals surface area contributed by atoms with Crippen molar-refractivity contribution in [2.45, 2.75) is 6.92 Å². The number of amides is 1.